The fourth-order valence-corrected chi connectivity index (χ4v) is 9.45. The van der Waals surface area contributed by atoms with Gasteiger partial charge in [0.1, 0.15) is 11.2 Å². The van der Waals surface area contributed by atoms with Gasteiger partial charge in [-0.2, -0.15) is 0 Å². The molecule has 0 aliphatic rings. The van der Waals surface area contributed by atoms with Gasteiger partial charge in [0.2, 0.25) is 0 Å². The largest absolute Gasteiger partial charge is 0.456 e. The zero-order valence-corrected chi connectivity index (χ0v) is 29.9. The van der Waals surface area contributed by atoms with Crippen LogP contribution in [0.2, 0.25) is 0 Å². The van der Waals surface area contributed by atoms with Crippen LogP contribution >= 0.6 is 0 Å². The first-order chi connectivity index (χ1) is 27.3. The summed E-state index contributed by atoms with van der Waals surface area (Å²) in [4.78, 5) is 0. The van der Waals surface area contributed by atoms with Crippen molar-refractivity contribution in [2.75, 3.05) is 0 Å². The van der Waals surface area contributed by atoms with Crippen molar-refractivity contribution in [1.82, 2.24) is 0 Å². The van der Waals surface area contributed by atoms with Crippen LogP contribution in [0.3, 0.4) is 0 Å². The van der Waals surface area contributed by atoms with Crippen LogP contribution in [0.1, 0.15) is 0 Å². The third-order valence-corrected chi connectivity index (χ3v) is 11.8. The van der Waals surface area contributed by atoms with Gasteiger partial charge < -0.3 is 4.42 Å². The van der Waals surface area contributed by atoms with Crippen molar-refractivity contribution in [2.24, 2.45) is 0 Å². The maximum Gasteiger partial charge on any atom is 0.136 e. The molecule has 55 heavy (non-hydrogen) atoms. The number of rotatable bonds is 3. The van der Waals surface area contributed by atoms with E-state index in [1.165, 1.54) is 103 Å². The highest BCUT2D eigenvalue weighted by Gasteiger charge is 2.21. The van der Waals surface area contributed by atoms with E-state index in [1.54, 1.807) is 0 Å². The van der Waals surface area contributed by atoms with E-state index >= 15 is 0 Å². The zero-order valence-electron chi connectivity index (χ0n) is 29.9. The summed E-state index contributed by atoms with van der Waals surface area (Å²) in [6.07, 6.45) is 0. The van der Waals surface area contributed by atoms with Crippen molar-refractivity contribution in [3.8, 4) is 33.4 Å². The SMILES string of the molecule is c1ccc2cc3c(cc2c1)oc1cc(-c2ccc(-c4c5ccccc5c(-c5cccc6ccccc56)c5ccccc45)c4ccccc24)c2ccccc2c13. The molecule has 0 aliphatic carbocycles. The van der Waals surface area contributed by atoms with Crippen LogP contribution in [0.5, 0.6) is 0 Å². The smallest absolute Gasteiger partial charge is 0.136 e. The Morgan fingerprint density at radius 2 is 0.673 bits per heavy atom. The number of hydrogen-bond donors (Lipinski definition) is 0. The van der Waals surface area contributed by atoms with Crippen molar-refractivity contribution in [1.29, 1.82) is 0 Å². The Morgan fingerprint density at radius 1 is 0.236 bits per heavy atom. The third-order valence-electron chi connectivity index (χ3n) is 11.8. The predicted molar refractivity (Wildman–Crippen MR) is 235 cm³/mol. The summed E-state index contributed by atoms with van der Waals surface area (Å²) in [5.41, 5.74) is 9.25. The molecular formula is C54H32O. The topological polar surface area (TPSA) is 13.1 Å². The van der Waals surface area contributed by atoms with Gasteiger partial charge in [0, 0.05) is 10.8 Å². The summed E-state index contributed by atoms with van der Waals surface area (Å²) < 4.78 is 6.71. The maximum absolute atomic E-state index is 6.71. The van der Waals surface area contributed by atoms with E-state index < -0.39 is 0 Å². The first-order valence-electron chi connectivity index (χ1n) is 19.0. The molecule has 0 bridgehead atoms. The van der Waals surface area contributed by atoms with E-state index in [1.807, 2.05) is 0 Å². The lowest BCUT2D eigenvalue weighted by Gasteiger charge is -2.20. The van der Waals surface area contributed by atoms with E-state index in [0.717, 1.165) is 16.6 Å². The minimum atomic E-state index is 0.910. The third kappa shape index (κ3) is 4.41. The van der Waals surface area contributed by atoms with Gasteiger partial charge in [0.05, 0.1) is 0 Å². The van der Waals surface area contributed by atoms with Crippen molar-refractivity contribution in [3.05, 3.63) is 194 Å². The molecule has 0 saturated heterocycles. The molecule has 12 rings (SSSR count). The lowest BCUT2D eigenvalue weighted by Crippen LogP contribution is -1.93. The highest BCUT2D eigenvalue weighted by molar-refractivity contribution is 6.27. The van der Waals surface area contributed by atoms with Gasteiger partial charge in [-0.1, -0.05) is 176 Å². The van der Waals surface area contributed by atoms with Gasteiger partial charge in [-0.3, -0.25) is 0 Å². The highest BCUT2D eigenvalue weighted by Crippen LogP contribution is 2.49. The molecule has 0 radical (unpaired) electrons. The summed E-state index contributed by atoms with van der Waals surface area (Å²) in [6, 6.07) is 71.1. The molecule has 11 aromatic carbocycles. The molecule has 12 aromatic rings. The number of hydrogen-bond acceptors (Lipinski definition) is 1. The number of furan rings is 1. The summed E-state index contributed by atoms with van der Waals surface area (Å²) in [5.74, 6) is 0. The van der Waals surface area contributed by atoms with E-state index in [0.29, 0.717) is 0 Å². The van der Waals surface area contributed by atoms with Crippen molar-refractivity contribution < 1.29 is 4.42 Å². The Hall–Kier alpha value is -7.22. The molecule has 1 nitrogen and oxygen atoms in total. The lowest BCUT2D eigenvalue weighted by atomic mass is 9.82. The minimum absolute atomic E-state index is 0.910. The van der Waals surface area contributed by atoms with Crippen LogP contribution in [-0.2, 0) is 0 Å². The normalized spacial score (nSPS) is 12.0. The maximum atomic E-state index is 6.71. The van der Waals surface area contributed by atoms with E-state index in [-0.39, 0.29) is 0 Å². The summed E-state index contributed by atoms with van der Waals surface area (Å²) in [5, 5.41) is 17.2. The van der Waals surface area contributed by atoms with Crippen LogP contribution in [0.25, 0.3) is 120 Å². The Kier molecular flexibility index (Phi) is 6.40. The van der Waals surface area contributed by atoms with Gasteiger partial charge in [-0.05, 0) is 116 Å². The van der Waals surface area contributed by atoms with Crippen molar-refractivity contribution in [3.63, 3.8) is 0 Å². The van der Waals surface area contributed by atoms with Gasteiger partial charge in [0.25, 0.3) is 0 Å². The van der Waals surface area contributed by atoms with Crippen LogP contribution in [0.15, 0.2) is 199 Å². The summed E-state index contributed by atoms with van der Waals surface area (Å²) >= 11 is 0. The van der Waals surface area contributed by atoms with Crippen LogP contribution in [-0.4, -0.2) is 0 Å². The average Bonchev–Trinajstić information content (AvgIpc) is 3.61. The molecule has 1 heteroatoms. The summed E-state index contributed by atoms with van der Waals surface area (Å²) in [6.45, 7) is 0. The second kappa shape index (κ2) is 11.6. The predicted octanol–water partition coefficient (Wildman–Crippen LogP) is 15.5. The monoisotopic (exact) mass is 696 g/mol. The van der Waals surface area contributed by atoms with Crippen molar-refractivity contribution >= 4 is 86.6 Å². The molecule has 1 aromatic heterocycles. The number of benzene rings is 11. The molecule has 254 valence electrons. The molecule has 0 amide bonds. The second-order valence-corrected chi connectivity index (χ2v) is 14.7. The van der Waals surface area contributed by atoms with Crippen molar-refractivity contribution in [2.45, 2.75) is 0 Å². The average molecular weight is 697 g/mol. The molecule has 0 spiro atoms. The summed E-state index contributed by atoms with van der Waals surface area (Å²) in [7, 11) is 0. The van der Waals surface area contributed by atoms with Gasteiger partial charge in [0.15, 0.2) is 0 Å². The van der Waals surface area contributed by atoms with Crippen LogP contribution < -0.4 is 0 Å². The molecule has 0 aliphatic heterocycles. The van der Waals surface area contributed by atoms with E-state index in [9.17, 15) is 0 Å². The molecule has 0 atom stereocenters. The molecule has 1 heterocycles. The Morgan fingerprint density at radius 3 is 1.31 bits per heavy atom. The Labute approximate surface area is 317 Å². The first kappa shape index (κ1) is 30.3. The molecular weight excluding hydrogens is 665 g/mol. The number of fused-ring (bicyclic) bond motifs is 10. The van der Waals surface area contributed by atoms with Crippen LogP contribution in [0.4, 0.5) is 0 Å². The molecule has 0 saturated carbocycles. The molecule has 0 unspecified atom stereocenters. The lowest BCUT2D eigenvalue weighted by molar-refractivity contribution is 0.670. The highest BCUT2D eigenvalue weighted by atomic mass is 16.3. The first-order valence-corrected chi connectivity index (χ1v) is 19.0. The van der Waals surface area contributed by atoms with Gasteiger partial charge in [-0.15, -0.1) is 0 Å². The van der Waals surface area contributed by atoms with Crippen LogP contribution in [0, 0.1) is 0 Å². The van der Waals surface area contributed by atoms with E-state index in [2.05, 4.69) is 194 Å². The minimum Gasteiger partial charge on any atom is -0.456 e. The Balaban J connectivity index is 1.14. The van der Waals surface area contributed by atoms with Gasteiger partial charge in [-0.25, -0.2) is 0 Å². The van der Waals surface area contributed by atoms with Gasteiger partial charge >= 0.3 is 0 Å². The zero-order chi connectivity index (χ0) is 36.0. The standard InChI is InChI=1S/C54H32O/c1-2-16-35-31-50-49(30-34(35)15-1)54-42-22-8-7-21-39(42)48(32-51(54)55-50)40-28-29-47(38-20-6-5-19-37(38)40)53-45-25-11-9-23-43(45)52(44-24-10-12-26-46(44)53)41-27-13-17-33-14-3-4-18-36(33)41/h1-32H. The molecule has 0 N–H and O–H groups in total. The molecule has 0 fully saturated rings. The fraction of sp³-hybridized carbons (Fsp3) is 0. The van der Waals surface area contributed by atoms with E-state index in [4.69, 9.17) is 4.42 Å². The second-order valence-electron chi connectivity index (χ2n) is 14.7. The fourth-order valence-electron chi connectivity index (χ4n) is 9.45. The Bertz CT molecular complexity index is 3490. The quantitative estimate of drug-likeness (QED) is 0.168.